The van der Waals surface area contributed by atoms with Crippen molar-refractivity contribution >= 4 is 0 Å². The standard InChI is InChI=1S/C14H14N2O3/c17-13-11(9-4-2-1-3-5-9)14(18)16-12(15-13)10-6-7-19-8-10/h1-5,10H,6-8H2,(H2,15,16,17,18). The van der Waals surface area contributed by atoms with Crippen LogP contribution < -0.4 is 5.56 Å². The normalized spacial score (nSPS) is 18.6. The molecular formula is C14H14N2O3. The van der Waals surface area contributed by atoms with Crippen LogP contribution in [0.3, 0.4) is 0 Å². The van der Waals surface area contributed by atoms with Crippen molar-refractivity contribution in [2.45, 2.75) is 12.3 Å². The van der Waals surface area contributed by atoms with E-state index in [9.17, 15) is 9.90 Å². The number of rotatable bonds is 2. The van der Waals surface area contributed by atoms with E-state index in [1.54, 1.807) is 12.1 Å². The molecule has 1 aromatic carbocycles. The summed E-state index contributed by atoms with van der Waals surface area (Å²) in [6.07, 6.45) is 0.813. The summed E-state index contributed by atoms with van der Waals surface area (Å²) in [4.78, 5) is 19.0. The van der Waals surface area contributed by atoms with Crippen LogP contribution >= 0.6 is 0 Å². The Hall–Kier alpha value is -2.14. The van der Waals surface area contributed by atoms with Crippen LogP contribution in [0, 0.1) is 0 Å². The molecular weight excluding hydrogens is 244 g/mol. The smallest absolute Gasteiger partial charge is 0.262 e. The Morgan fingerprint density at radius 3 is 2.74 bits per heavy atom. The molecule has 1 fully saturated rings. The zero-order chi connectivity index (χ0) is 13.2. The molecule has 5 heteroatoms. The van der Waals surface area contributed by atoms with Crippen LogP contribution in [0.25, 0.3) is 11.1 Å². The Kier molecular flexibility index (Phi) is 3.05. The molecule has 1 aliphatic rings. The maximum absolute atomic E-state index is 12.1. The molecule has 1 atom stereocenters. The van der Waals surface area contributed by atoms with Crippen molar-refractivity contribution in [3.05, 3.63) is 46.5 Å². The fourth-order valence-electron chi connectivity index (χ4n) is 2.29. The summed E-state index contributed by atoms with van der Waals surface area (Å²) < 4.78 is 5.26. The second-order valence-electron chi connectivity index (χ2n) is 4.58. The molecule has 0 aliphatic carbocycles. The van der Waals surface area contributed by atoms with Gasteiger partial charge in [-0.1, -0.05) is 30.3 Å². The summed E-state index contributed by atoms with van der Waals surface area (Å²) in [5.74, 6) is 0.333. The van der Waals surface area contributed by atoms with Crippen molar-refractivity contribution in [1.29, 1.82) is 0 Å². The highest BCUT2D eigenvalue weighted by Crippen LogP contribution is 2.27. The number of benzene rings is 1. The Labute approximate surface area is 109 Å². The van der Waals surface area contributed by atoms with E-state index < -0.39 is 0 Å². The largest absolute Gasteiger partial charge is 0.493 e. The van der Waals surface area contributed by atoms with Gasteiger partial charge in [0.1, 0.15) is 11.4 Å². The van der Waals surface area contributed by atoms with Gasteiger partial charge in [0, 0.05) is 12.5 Å². The number of hydrogen-bond acceptors (Lipinski definition) is 4. The van der Waals surface area contributed by atoms with Gasteiger partial charge in [0.05, 0.1) is 6.61 Å². The van der Waals surface area contributed by atoms with E-state index >= 15 is 0 Å². The van der Waals surface area contributed by atoms with Gasteiger partial charge in [-0.15, -0.1) is 0 Å². The molecule has 0 radical (unpaired) electrons. The summed E-state index contributed by atoms with van der Waals surface area (Å²) >= 11 is 0. The Morgan fingerprint density at radius 2 is 2.11 bits per heavy atom. The number of hydrogen-bond donors (Lipinski definition) is 2. The topological polar surface area (TPSA) is 75.2 Å². The number of ether oxygens (including phenoxy) is 1. The van der Waals surface area contributed by atoms with Crippen molar-refractivity contribution < 1.29 is 9.84 Å². The van der Waals surface area contributed by atoms with Crippen LogP contribution in [0.2, 0.25) is 0 Å². The van der Waals surface area contributed by atoms with Gasteiger partial charge in [-0.3, -0.25) is 4.79 Å². The van der Waals surface area contributed by atoms with Gasteiger partial charge in [-0.2, -0.15) is 4.98 Å². The fourth-order valence-corrected chi connectivity index (χ4v) is 2.29. The highest BCUT2D eigenvalue weighted by Gasteiger charge is 2.22. The summed E-state index contributed by atoms with van der Waals surface area (Å²) in [7, 11) is 0. The number of aromatic hydroxyl groups is 1. The third-order valence-electron chi connectivity index (χ3n) is 3.30. The van der Waals surface area contributed by atoms with E-state index in [2.05, 4.69) is 9.97 Å². The summed E-state index contributed by atoms with van der Waals surface area (Å²) in [5.41, 5.74) is 0.548. The summed E-state index contributed by atoms with van der Waals surface area (Å²) in [6, 6.07) is 9.01. The van der Waals surface area contributed by atoms with Gasteiger partial charge in [0.15, 0.2) is 0 Å². The SMILES string of the molecule is O=c1[nH]c(C2CCOC2)nc(O)c1-c1ccccc1. The molecule has 98 valence electrons. The Morgan fingerprint density at radius 1 is 1.32 bits per heavy atom. The quantitative estimate of drug-likeness (QED) is 0.858. The molecule has 19 heavy (non-hydrogen) atoms. The number of aromatic amines is 1. The first-order valence-electron chi connectivity index (χ1n) is 6.22. The zero-order valence-corrected chi connectivity index (χ0v) is 10.3. The van der Waals surface area contributed by atoms with Crippen molar-refractivity contribution in [3.63, 3.8) is 0 Å². The van der Waals surface area contributed by atoms with Gasteiger partial charge < -0.3 is 14.8 Å². The first-order valence-corrected chi connectivity index (χ1v) is 6.22. The predicted molar refractivity (Wildman–Crippen MR) is 70.1 cm³/mol. The molecule has 0 amide bonds. The molecule has 2 N–H and O–H groups in total. The van der Waals surface area contributed by atoms with Gasteiger partial charge in [-0.05, 0) is 12.0 Å². The minimum Gasteiger partial charge on any atom is -0.493 e. The summed E-state index contributed by atoms with van der Waals surface area (Å²) in [6.45, 7) is 1.20. The molecule has 1 aliphatic heterocycles. The van der Waals surface area contributed by atoms with Gasteiger partial charge in [-0.25, -0.2) is 0 Å². The predicted octanol–water partition coefficient (Wildman–Crippen LogP) is 1.65. The van der Waals surface area contributed by atoms with E-state index in [0.29, 0.717) is 24.6 Å². The van der Waals surface area contributed by atoms with Crippen LogP contribution in [-0.2, 0) is 4.74 Å². The van der Waals surface area contributed by atoms with Gasteiger partial charge in [0.25, 0.3) is 5.56 Å². The molecule has 2 heterocycles. The maximum Gasteiger partial charge on any atom is 0.262 e. The highest BCUT2D eigenvalue weighted by atomic mass is 16.5. The second-order valence-corrected chi connectivity index (χ2v) is 4.58. The molecule has 0 spiro atoms. The fraction of sp³-hybridized carbons (Fsp3) is 0.286. The van der Waals surface area contributed by atoms with Crippen LogP contribution in [0.5, 0.6) is 5.88 Å². The van der Waals surface area contributed by atoms with Crippen LogP contribution in [0.4, 0.5) is 0 Å². The minimum absolute atomic E-state index is 0.0587. The molecule has 1 aromatic heterocycles. The van der Waals surface area contributed by atoms with Crippen LogP contribution in [0.1, 0.15) is 18.2 Å². The lowest BCUT2D eigenvalue weighted by Gasteiger charge is -2.09. The first-order chi connectivity index (χ1) is 9.25. The van der Waals surface area contributed by atoms with E-state index in [0.717, 1.165) is 6.42 Å². The third kappa shape index (κ3) is 2.24. The average Bonchev–Trinajstić information content (AvgIpc) is 2.93. The highest BCUT2D eigenvalue weighted by molar-refractivity contribution is 5.66. The molecule has 5 nitrogen and oxygen atoms in total. The minimum atomic E-state index is -0.319. The molecule has 1 unspecified atom stereocenters. The van der Waals surface area contributed by atoms with Crippen molar-refractivity contribution in [2.75, 3.05) is 13.2 Å². The average molecular weight is 258 g/mol. The van der Waals surface area contributed by atoms with Gasteiger partial charge >= 0.3 is 0 Å². The number of H-pyrrole nitrogens is 1. The van der Waals surface area contributed by atoms with Crippen LogP contribution in [0.15, 0.2) is 35.1 Å². The number of nitrogens with zero attached hydrogens (tertiary/aromatic N) is 1. The maximum atomic E-state index is 12.1. The number of aromatic nitrogens is 2. The monoisotopic (exact) mass is 258 g/mol. The van der Waals surface area contributed by atoms with E-state index in [4.69, 9.17) is 4.74 Å². The second kappa shape index (κ2) is 4.85. The third-order valence-corrected chi connectivity index (χ3v) is 3.30. The first kappa shape index (κ1) is 11.9. The van der Waals surface area contributed by atoms with Crippen molar-refractivity contribution in [2.24, 2.45) is 0 Å². The lowest BCUT2D eigenvalue weighted by Crippen LogP contribution is -2.16. The van der Waals surface area contributed by atoms with Crippen LogP contribution in [-0.4, -0.2) is 28.3 Å². The molecule has 0 bridgehead atoms. The molecule has 2 aromatic rings. The molecule has 3 rings (SSSR count). The lowest BCUT2D eigenvalue weighted by atomic mass is 10.1. The summed E-state index contributed by atoms with van der Waals surface area (Å²) in [5, 5.41) is 10.0. The molecule has 1 saturated heterocycles. The number of nitrogens with one attached hydrogen (secondary N) is 1. The van der Waals surface area contributed by atoms with Gasteiger partial charge in [0.2, 0.25) is 5.88 Å². The van der Waals surface area contributed by atoms with E-state index in [1.165, 1.54) is 0 Å². The Bertz CT molecular complexity index is 631. The lowest BCUT2D eigenvalue weighted by molar-refractivity contribution is 0.193. The van der Waals surface area contributed by atoms with Crippen molar-refractivity contribution in [3.8, 4) is 17.0 Å². The Balaban J connectivity index is 2.06. The molecule has 0 saturated carbocycles. The van der Waals surface area contributed by atoms with E-state index in [-0.39, 0.29) is 22.9 Å². The zero-order valence-electron chi connectivity index (χ0n) is 10.3. The van der Waals surface area contributed by atoms with Crippen molar-refractivity contribution in [1.82, 2.24) is 9.97 Å². The van der Waals surface area contributed by atoms with E-state index in [1.807, 2.05) is 18.2 Å².